The first-order chi connectivity index (χ1) is 19.8. The quantitative estimate of drug-likeness (QED) is 0.215. The predicted molar refractivity (Wildman–Crippen MR) is 160 cm³/mol. The first kappa shape index (κ1) is 26.1. The fourth-order valence-electron chi connectivity index (χ4n) is 5.49. The number of pyridine rings is 3. The summed E-state index contributed by atoms with van der Waals surface area (Å²) in [4.78, 5) is 16.6. The normalized spacial score (nSPS) is 14.7. The van der Waals surface area contributed by atoms with Crippen molar-refractivity contribution in [3.63, 3.8) is 0 Å². The molecule has 1 N–H and O–H groups in total. The number of aryl methyl sites for hydroxylation is 1. The zero-order chi connectivity index (χ0) is 27.0. The number of benzene rings is 2. The molecule has 0 saturated heterocycles. The Morgan fingerprint density at radius 2 is 1.35 bits per heavy atom. The molecule has 5 aromatic rings. The largest absolute Gasteiger partial charge is 0.305 e. The monoisotopic (exact) mass is 525 g/mol. The van der Waals surface area contributed by atoms with Crippen molar-refractivity contribution in [3.8, 4) is 11.3 Å². The van der Waals surface area contributed by atoms with Crippen LogP contribution in [0.1, 0.15) is 52.7 Å². The number of hydrogen-bond acceptors (Lipinski definition) is 5. The summed E-state index contributed by atoms with van der Waals surface area (Å²) in [5.74, 6) is 0. The highest BCUT2D eigenvalue weighted by atomic mass is 15.1. The summed E-state index contributed by atoms with van der Waals surface area (Å²) in [6.07, 6.45) is 7.14. The molecule has 6 rings (SSSR count). The van der Waals surface area contributed by atoms with E-state index in [0.29, 0.717) is 0 Å². The van der Waals surface area contributed by atoms with E-state index in [1.165, 1.54) is 34.4 Å². The maximum atomic E-state index is 5.11. The first-order valence-corrected chi connectivity index (χ1v) is 14.2. The Bertz CT molecular complexity index is 1450. The van der Waals surface area contributed by atoms with E-state index in [4.69, 9.17) is 4.98 Å². The van der Waals surface area contributed by atoms with Crippen LogP contribution in [0.2, 0.25) is 0 Å². The summed E-state index contributed by atoms with van der Waals surface area (Å²) in [6, 6.07) is 36.4. The molecule has 1 atom stereocenters. The molecule has 1 aliphatic rings. The third-order valence-electron chi connectivity index (χ3n) is 7.56. The molecular weight excluding hydrogens is 490 g/mol. The predicted octanol–water partition coefficient (Wildman–Crippen LogP) is 6.91. The van der Waals surface area contributed by atoms with Crippen molar-refractivity contribution in [2.75, 3.05) is 0 Å². The maximum Gasteiger partial charge on any atom is 0.0706 e. The van der Waals surface area contributed by atoms with E-state index in [9.17, 15) is 0 Å². The fraction of sp³-hybridized carbons (Fsp3) is 0.229. The number of nitrogens with zero attached hydrogens (tertiary/aromatic N) is 4. The average Bonchev–Trinajstić information content (AvgIpc) is 3.02. The summed E-state index contributed by atoms with van der Waals surface area (Å²) in [7, 11) is 0. The van der Waals surface area contributed by atoms with E-state index < -0.39 is 0 Å². The van der Waals surface area contributed by atoms with Gasteiger partial charge in [0.25, 0.3) is 0 Å². The van der Waals surface area contributed by atoms with Crippen LogP contribution in [0.25, 0.3) is 11.3 Å². The van der Waals surface area contributed by atoms with E-state index in [0.717, 1.165) is 56.1 Å². The van der Waals surface area contributed by atoms with Crippen LogP contribution in [-0.2, 0) is 32.6 Å². The van der Waals surface area contributed by atoms with Gasteiger partial charge in [-0.05, 0) is 66.3 Å². The number of hydrogen-bond donors (Lipinski definition) is 1. The van der Waals surface area contributed by atoms with Gasteiger partial charge in [-0.2, -0.15) is 0 Å². The third kappa shape index (κ3) is 6.68. The molecule has 0 fully saturated rings. The summed E-state index contributed by atoms with van der Waals surface area (Å²) in [6.45, 7) is 3.22. The standard InChI is InChI=1S/C35H35N5/c1-2-9-29(10-3-1)33-20-19-30-11-8-14-34(35(30)39-33)38-23-27-15-17-28(18-16-27)24-40(25-31-12-4-6-21-36-31)26-32-13-5-7-22-37-32/h1-7,9-10,12-13,15-22,34,38H,8,11,14,23-26H2. The lowest BCUT2D eigenvalue weighted by atomic mass is 9.91. The van der Waals surface area contributed by atoms with Gasteiger partial charge in [0.2, 0.25) is 0 Å². The van der Waals surface area contributed by atoms with Gasteiger partial charge >= 0.3 is 0 Å². The van der Waals surface area contributed by atoms with Gasteiger partial charge in [-0.25, -0.2) is 0 Å². The Balaban J connectivity index is 1.11. The molecule has 0 spiro atoms. The molecule has 0 amide bonds. The molecule has 5 heteroatoms. The summed E-state index contributed by atoms with van der Waals surface area (Å²) >= 11 is 0. The third-order valence-corrected chi connectivity index (χ3v) is 7.56. The van der Waals surface area contributed by atoms with Gasteiger partial charge in [0.05, 0.1) is 28.8 Å². The van der Waals surface area contributed by atoms with Crippen LogP contribution in [0.5, 0.6) is 0 Å². The van der Waals surface area contributed by atoms with Crippen molar-refractivity contribution in [3.05, 3.63) is 149 Å². The molecule has 40 heavy (non-hydrogen) atoms. The van der Waals surface area contributed by atoms with Gasteiger partial charge in [0.1, 0.15) is 0 Å². The molecule has 3 aromatic heterocycles. The van der Waals surface area contributed by atoms with Gasteiger partial charge in [0, 0.05) is 44.1 Å². The van der Waals surface area contributed by atoms with Crippen LogP contribution < -0.4 is 5.32 Å². The van der Waals surface area contributed by atoms with Crippen molar-refractivity contribution in [2.45, 2.75) is 51.5 Å². The lowest BCUT2D eigenvalue weighted by Gasteiger charge is -2.26. The Labute approximate surface area is 237 Å². The molecule has 0 aliphatic heterocycles. The van der Waals surface area contributed by atoms with E-state index in [2.05, 4.69) is 99.0 Å². The van der Waals surface area contributed by atoms with Crippen molar-refractivity contribution in [1.29, 1.82) is 0 Å². The second-order valence-corrected chi connectivity index (χ2v) is 10.5. The zero-order valence-electron chi connectivity index (χ0n) is 22.8. The SMILES string of the molecule is c1ccc(-c2ccc3c(n2)C(NCc2ccc(CN(Cc4ccccn4)Cc4ccccn4)cc2)CCC3)cc1. The minimum Gasteiger partial charge on any atom is -0.305 e. The highest BCUT2D eigenvalue weighted by Crippen LogP contribution is 2.31. The van der Waals surface area contributed by atoms with Crippen LogP contribution in [0, 0.1) is 0 Å². The molecule has 1 unspecified atom stereocenters. The molecule has 0 radical (unpaired) electrons. The van der Waals surface area contributed by atoms with E-state index >= 15 is 0 Å². The van der Waals surface area contributed by atoms with Gasteiger partial charge in [-0.1, -0.05) is 72.8 Å². The van der Waals surface area contributed by atoms with Crippen molar-refractivity contribution < 1.29 is 0 Å². The molecule has 0 bridgehead atoms. The minimum atomic E-state index is 0.277. The van der Waals surface area contributed by atoms with E-state index in [1.54, 1.807) is 0 Å². The molecular formula is C35H35N5. The Kier molecular flexibility index (Phi) is 8.32. The number of nitrogens with one attached hydrogen (secondary N) is 1. The molecule has 2 aromatic carbocycles. The number of aromatic nitrogens is 3. The zero-order valence-corrected chi connectivity index (χ0v) is 22.8. The van der Waals surface area contributed by atoms with Crippen molar-refractivity contribution >= 4 is 0 Å². The Hall–Kier alpha value is -4.19. The van der Waals surface area contributed by atoms with E-state index in [1.807, 2.05) is 36.7 Å². The minimum absolute atomic E-state index is 0.277. The molecule has 5 nitrogen and oxygen atoms in total. The molecule has 0 saturated carbocycles. The molecule has 1 aliphatic carbocycles. The smallest absolute Gasteiger partial charge is 0.0706 e. The highest BCUT2D eigenvalue weighted by Gasteiger charge is 2.22. The fourth-order valence-corrected chi connectivity index (χ4v) is 5.49. The molecule has 3 heterocycles. The Morgan fingerprint density at radius 1 is 0.675 bits per heavy atom. The van der Waals surface area contributed by atoms with Crippen LogP contribution >= 0.6 is 0 Å². The van der Waals surface area contributed by atoms with Gasteiger partial charge < -0.3 is 5.32 Å². The molecule has 200 valence electrons. The van der Waals surface area contributed by atoms with Gasteiger partial charge in [-0.15, -0.1) is 0 Å². The highest BCUT2D eigenvalue weighted by molar-refractivity contribution is 5.59. The van der Waals surface area contributed by atoms with Crippen LogP contribution in [0.15, 0.2) is 116 Å². The average molecular weight is 526 g/mol. The topological polar surface area (TPSA) is 53.9 Å². The maximum absolute atomic E-state index is 5.11. The van der Waals surface area contributed by atoms with Gasteiger partial charge in [0.15, 0.2) is 0 Å². The van der Waals surface area contributed by atoms with Crippen LogP contribution in [0.4, 0.5) is 0 Å². The van der Waals surface area contributed by atoms with Crippen molar-refractivity contribution in [2.24, 2.45) is 0 Å². The van der Waals surface area contributed by atoms with Crippen LogP contribution in [0.3, 0.4) is 0 Å². The lowest BCUT2D eigenvalue weighted by molar-refractivity contribution is 0.241. The first-order valence-electron chi connectivity index (χ1n) is 14.2. The summed E-state index contributed by atoms with van der Waals surface area (Å²) in [5.41, 5.74) is 9.52. The summed E-state index contributed by atoms with van der Waals surface area (Å²) < 4.78 is 0. The lowest BCUT2D eigenvalue weighted by Crippen LogP contribution is -2.26. The van der Waals surface area contributed by atoms with E-state index in [-0.39, 0.29) is 6.04 Å². The van der Waals surface area contributed by atoms with Crippen LogP contribution in [-0.4, -0.2) is 19.9 Å². The second kappa shape index (κ2) is 12.8. The Morgan fingerprint density at radius 3 is 2.02 bits per heavy atom. The summed E-state index contributed by atoms with van der Waals surface area (Å²) in [5, 5.41) is 3.81. The van der Waals surface area contributed by atoms with Gasteiger partial charge in [-0.3, -0.25) is 19.9 Å². The number of rotatable bonds is 10. The number of fused-ring (bicyclic) bond motifs is 1. The van der Waals surface area contributed by atoms with Crippen molar-refractivity contribution in [1.82, 2.24) is 25.2 Å². The second-order valence-electron chi connectivity index (χ2n) is 10.5.